The lowest BCUT2D eigenvalue weighted by molar-refractivity contribution is -0.384. The van der Waals surface area contributed by atoms with E-state index in [-0.39, 0.29) is 28.6 Å². The second kappa shape index (κ2) is 10.7. The van der Waals surface area contributed by atoms with Crippen molar-refractivity contribution in [3.8, 4) is 11.5 Å². The third-order valence-electron chi connectivity index (χ3n) is 7.40. The van der Waals surface area contributed by atoms with E-state index in [2.05, 4.69) is 0 Å². The molecule has 9 heteroatoms. The zero-order valence-corrected chi connectivity index (χ0v) is 22.4. The summed E-state index contributed by atoms with van der Waals surface area (Å²) in [6, 6.07) is 18.4. The Morgan fingerprint density at radius 2 is 1.73 bits per heavy atom. The quantitative estimate of drug-likeness (QED) is 0.209. The molecule has 0 bridgehead atoms. The number of carbonyl (C=O) groups excluding carboxylic acids is 1. The number of aliphatic hydroxyl groups excluding tert-OH is 1. The highest BCUT2D eigenvalue weighted by Crippen LogP contribution is 2.50. The Balaban J connectivity index is 1.84. The Labute approximate surface area is 231 Å². The third kappa shape index (κ3) is 4.59. The van der Waals surface area contributed by atoms with Gasteiger partial charge in [-0.25, -0.2) is 0 Å². The number of amidine groups is 1. The number of ether oxygens (including phenoxy) is 2. The van der Waals surface area contributed by atoms with Crippen LogP contribution in [0, 0.1) is 22.4 Å². The van der Waals surface area contributed by atoms with Gasteiger partial charge in [-0.05, 0) is 50.1 Å². The van der Waals surface area contributed by atoms with E-state index in [1.807, 2.05) is 19.1 Å². The topological polar surface area (TPSA) is 126 Å². The van der Waals surface area contributed by atoms with Gasteiger partial charge in [-0.3, -0.25) is 25.2 Å². The van der Waals surface area contributed by atoms with E-state index in [4.69, 9.17) is 9.47 Å². The van der Waals surface area contributed by atoms with Crippen LogP contribution in [-0.2, 0) is 4.79 Å². The maximum atomic E-state index is 13.7. The Hall–Kier alpha value is -4.92. The van der Waals surface area contributed by atoms with Crippen LogP contribution in [0.5, 0.6) is 11.5 Å². The minimum atomic E-state index is -0.809. The monoisotopic (exact) mass is 539 g/mol. The van der Waals surface area contributed by atoms with Crippen molar-refractivity contribution in [1.82, 2.24) is 0 Å². The van der Waals surface area contributed by atoms with Gasteiger partial charge in [-0.1, -0.05) is 29.8 Å². The van der Waals surface area contributed by atoms with Crippen LogP contribution in [0.1, 0.15) is 41.9 Å². The predicted octanol–water partition coefficient (Wildman–Crippen LogP) is 6.48. The van der Waals surface area contributed by atoms with E-state index in [1.54, 1.807) is 54.5 Å². The SMILES string of the molecule is COc1ccc(OC)c([C@H]2C(=C(O)c3ccc(C)cc3)C(=N)N(c3ccc([N+](=O)[O-])cc3)C3=C2C(=O)CCC3)c1. The molecule has 3 aromatic carbocycles. The Morgan fingerprint density at radius 1 is 1.02 bits per heavy atom. The lowest BCUT2D eigenvalue weighted by Crippen LogP contribution is -2.42. The van der Waals surface area contributed by atoms with Crippen LogP contribution >= 0.6 is 0 Å². The van der Waals surface area contributed by atoms with Gasteiger partial charge in [0, 0.05) is 52.2 Å². The van der Waals surface area contributed by atoms with Gasteiger partial charge in [-0.15, -0.1) is 0 Å². The summed E-state index contributed by atoms with van der Waals surface area (Å²) in [5.74, 6) is -0.0471. The predicted molar refractivity (Wildman–Crippen MR) is 152 cm³/mol. The number of methoxy groups -OCH3 is 2. The van der Waals surface area contributed by atoms with Crippen LogP contribution in [0.3, 0.4) is 0 Å². The molecule has 3 aromatic rings. The molecule has 9 nitrogen and oxygen atoms in total. The van der Waals surface area contributed by atoms with E-state index in [0.717, 1.165) is 5.56 Å². The minimum absolute atomic E-state index is 0.0322. The molecule has 0 aromatic heterocycles. The Kier molecular flexibility index (Phi) is 7.13. The molecule has 0 amide bonds. The Bertz CT molecular complexity index is 1570. The smallest absolute Gasteiger partial charge is 0.269 e. The average molecular weight is 540 g/mol. The average Bonchev–Trinajstić information content (AvgIpc) is 2.96. The van der Waals surface area contributed by atoms with Crippen molar-refractivity contribution >= 4 is 28.8 Å². The molecule has 0 spiro atoms. The summed E-state index contributed by atoms with van der Waals surface area (Å²) in [5.41, 5.74) is 3.81. The number of allylic oxidation sites excluding steroid dienone is 2. The summed E-state index contributed by atoms with van der Waals surface area (Å²) in [5, 5.41) is 32.5. The molecule has 1 atom stereocenters. The number of nitrogens with one attached hydrogen (secondary N) is 1. The van der Waals surface area contributed by atoms with E-state index in [0.29, 0.717) is 58.8 Å². The number of nitro groups is 1. The fourth-order valence-electron chi connectivity index (χ4n) is 5.44. The fraction of sp³-hybridized carbons (Fsp3) is 0.226. The third-order valence-corrected chi connectivity index (χ3v) is 7.40. The first-order valence-electron chi connectivity index (χ1n) is 12.9. The first-order chi connectivity index (χ1) is 19.2. The summed E-state index contributed by atoms with van der Waals surface area (Å²) < 4.78 is 11.2. The number of aliphatic hydroxyl groups is 1. The van der Waals surface area contributed by atoms with Crippen molar-refractivity contribution in [3.05, 3.63) is 110 Å². The normalized spacial score (nSPS) is 18.4. The zero-order valence-electron chi connectivity index (χ0n) is 22.4. The number of non-ortho nitro benzene ring substituents is 1. The van der Waals surface area contributed by atoms with E-state index in [9.17, 15) is 25.4 Å². The molecule has 2 N–H and O–H groups in total. The summed E-state index contributed by atoms with van der Waals surface area (Å²) in [4.78, 5) is 26.2. The van der Waals surface area contributed by atoms with Crippen LogP contribution in [0.2, 0.25) is 0 Å². The van der Waals surface area contributed by atoms with Crippen molar-refractivity contribution in [3.63, 3.8) is 0 Å². The molecule has 0 unspecified atom stereocenters. The van der Waals surface area contributed by atoms with Gasteiger partial charge in [0.05, 0.1) is 25.1 Å². The molecule has 2 aliphatic rings. The van der Waals surface area contributed by atoms with Gasteiger partial charge >= 0.3 is 0 Å². The number of ketones is 1. The van der Waals surface area contributed by atoms with Crippen LogP contribution in [0.15, 0.2) is 83.6 Å². The molecule has 5 rings (SSSR count). The molecular weight excluding hydrogens is 510 g/mol. The van der Waals surface area contributed by atoms with Gasteiger partial charge in [0.15, 0.2) is 5.78 Å². The van der Waals surface area contributed by atoms with Gasteiger partial charge < -0.3 is 14.6 Å². The number of Topliss-reactive ketones (excluding diaryl/α,β-unsaturated/α-hetero) is 1. The van der Waals surface area contributed by atoms with Crippen LogP contribution in [-0.4, -0.2) is 35.9 Å². The minimum Gasteiger partial charge on any atom is -0.507 e. The largest absolute Gasteiger partial charge is 0.507 e. The van der Waals surface area contributed by atoms with Crippen molar-refractivity contribution in [2.45, 2.75) is 32.1 Å². The Morgan fingerprint density at radius 3 is 2.35 bits per heavy atom. The van der Waals surface area contributed by atoms with Gasteiger partial charge in [-0.2, -0.15) is 0 Å². The van der Waals surface area contributed by atoms with E-state index < -0.39 is 10.8 Å². The van der Waals surface area contributed by atoms with Gasteiger partial charge in [0.25, 0.3) is 5.69 Å². The zero-order chi connectivity index (χ0) is 28.6. The molecule has 204 valence electrons. The molecule has 0 fully saturated rings. The highest BCUT2D eigenvalue weighted by Gasteiger charge is 2.44. The molecule has 1 heterocycles. The van der Waals surface area contributed by atoms with Crippen molar-refractivity contribution in [2.24, 2.45) is 0 Å². The maximum absolute atomic E-state index is 13.7. The molecule has 40 heavy (non-hydrogen) atoms. The molecular formula is C31H29N3O6. The number of benzene rings is 3. The number of anilines is 1. The van der Waals surface area contributed by atoms with Crippen molar-refractivity contribution < 1.29 is 24.3 Å². The van der Waals surface area contributed by atoms with Crippen molar-refractivity contribution in [2.75, 3.05) is 19.1 Å². The number of nitrogens with zero attached hydrogens (tertiary/aromatic N) is 2. The van der Waals surface area contributed by atoms with Crippen LogP contribution in [0.25, 0.3) is 5.76 Å². The second-order valence-electron chi connectivity index (χ2n) is 9.76. The summed E-state index contributed by atoms with van der Waals surface area (Å²) in [6.07, 6.45) is 1.43. The lowest BCUT2D eigenvalue weighted by atomic mass is 9.73. The van der Waals surface area contributed by atoms with E-state index in [1.165, 1.54) is 19.2 Å². The summed E-state index contributed by atoms with van der Waals surface area (Å²) in [7, 11) is 3.08. The highest BCUT2D eigenvalue weighted by molar-refractivity contribution is 6.19. The number of nitro benzene ring substituents is 1. The fourth-order valence-corrected chi connectivity index (χ4v) is 5.44. The molecule has 1 aliphatic carbocycles. The van der Waals surface area contributed by atoms with Crippen molar-refractivity contribution in [1.29, 1.82) is 5.41 Å². The van der Waals surface area contributed by atoms with Gasteiger partial charge in [0.1, 0.15) is 23.1 Å². The van der Waals surface area contributed by atoms with Crippen LogP contribution < -0.4 is 14.4 Å². The number of hydrogen-bond donors (Lipinski definition) is 2. The highest BCUT2D eigenvalue weighted by atomic mass is 16.6. The second-order valence-corrected chi connectivity index (χ2v) is 9.76. The molecule has 0 saturated heterocycles. The summed E-state index contributed by atoms with van der Waals surface area (Å²) >= 11 is 0. The lowest BCUT2D eigenvalue weighted by Gasteiger charge is -2.42. The first kappa shape index (κ1) is 26.7. The summed E-state index contributed by atoms with van der Waals surface area (Å²) in [6.45, 7) is 1.94. The number of aryl methyl sites for hydroxylation is 1. The molecule has 0 saturated carbocycles. The number of hydrogen-bond acceptors (Lipinski definition) is 7. The standard InChI is InChI=1S/C31H29N3O6/c1-18-7-9-19(10-8-18)30(36)29-27(23-17-22(39-2)15-16-26(23)40-3)28-24(5-4-6-25(28)35)33(31(29)32)20-11-13-21(14-12-20)34(37)38/h7-17,27,32,36H,4-6H2,1-3H3/t27-/m1/s1. The van der Waals surface area contributed by atoms with E-state index >= 15 is 0 Å². The van der Waals surface area contributed by atoms with Crippen LogP contribution in [0.4, 0.5) is 11.4 Å². The maximum Gasteiger partial charge on any atom is 0.269 e. The number of carbonyl (C=O) groups is 1. The number of rotatable bonds is 6. The van der Waals surface area contributed by atoms with Gasteiger partial charge in [0.2, 0.25) is 0 Å². The molecule has 0 radical (unpaired) electrons. The molecule has 1 aliphatic heterocycles. The first-order valence-corrected chi connectivity index (χ1v) is 12.9.